The van der Waals surface area contributed by atoms with Gasteiger partial charge >= 0.3 is 0 Å². The number of carbonyl (C=O) groups excluding carboxylic acids is 1. The molecule has 0 spiro atoms. The summed E-state index contributed by atoms with van der Waals surface area (Å²) in [5.74, 6) is 1.31. The minimum Gasteiger partial charge on any atom is -0.454 e. The molecule has 6 nitrogen and oxygen atoms in total. The summed E-state index contributed by atoms with van der Waals surface area (Å²) in [6, 6.07) is 11.5. The van der Waals surface area contributed by atoms with Gasteiger partial charge in [0.05, 0.1) is 10.2 Å². The van der Waals surface area contributed by atoms with Gasteiger partial charge < -0.3 is 14.4 Å². The molecule has 0 unspecified atom stereocenters. The van der Waals surface area contributed by atoms with Gasteiger partial charge in [-0.25, -0.2) is 4.98 Å². The standard InChI is InChI=1S/C21H20BrN3O3S/c1-24(2)9-10-25(21-23-16-6-5-15(22)12-19(16)29-21)20(26)8-4-14-3-7-17-18(11-14)28-13-27-17/h3-8,11-12H,9-10,13H2,1-2H3/b8-4+. The summed E-state index contributed by atoms with van der Waals surface area (Å²) in [5.41, 5.74) is 1.76. The van der Waals surface area contributed by atoms with Crippen LogP contribution in [0.25, 0.3) is 16.3 Å². The second kappa shape index (κ2) is 8.52. The van der Waals surface area contributed by atoms with Gasteiger partial charge in [0.25, 0.3) is 5.91 Å². The second-order valence-electron chi connectivity index (χ2n) is 6.85. The lowest BCUT2D eigenvalue weighted by Crippen LogP contribution is -2.35. The summed E-state index contributed by atoms with van der Waals surface area (Å²) >= 11 is 5.00. The first-order valence-electron chi connectivity index (χ1n) is 9.10. The summed E-state index contributed by atoms with van der Waals surface area (Å²) in [5, 5.41) is 0.695. The Morgan fingerprint density at radius 1 is 1.17 bits per heavy atom. The minimum atomic E-state index is -0.109. The maximum Gasteiger partial charge on any atom is 0.252 e. The van der Waals surface area contributed by atoms with Crippen molar-refractivity contribution in [3.8, 4) is 11.5 Å². The first-order valence-corrected chi connectivity index (χ1v) is 10.7. The molecule has 8 heteroatoms. The SMILES string of the molecule is CN(C)CCN(C(=O)/C=C/c1ccc2c(c1)OCO2)c1nc2ccc(Br)cc2s1. The third-order valence-electron chi connectivity index (χ3n) is 4.42. The van der Waals surface area contributed by atoms with E-state index in [2.05, 4.69) is 20.9 Å². The quantitative estimate of drug-likeness (QED) is 0.496. The Morgan fingerprint density at radius 2 is 2.00 bits per heavy atom. The zero-order chi connectivity index (χ0) is 20.4. The third kappa shape index (κ3) is 4.60. The van der Waals surface area contributed by atoms with Crippen LogP contribution in [0.5, 0.6) is 11.5 Å². The lowest BCUT2D eigenvalue weighted by atomic mass is 10.2. The van der Waals surface area contributed by atoms with Crippen LogP contribution in [-0.2, 0) is 4.79 Å². The molecule has 0 radical (unpaired) electrons. The van der Waals surface area contributed by atoms with Crippen LogP contribution in [0, 0.1) is 0 Å². The molecule has 0 atom stereocenters. The molecule has 1 aliphatic heterocycles. The highest BCUT2D eigenvalue weighted by atomic mass is 79.9. The van der Waals surface area contributed by atoms with Crippen molar-refractivity contribution in [2.24, 2.45) is 0 Å². The number of likely N-dealkylation sites (N-methyl/N-ethyl adjacent to an activating group) is 1. The molecule has 4 rings (SSSR count). The van der Waals surface area contributed by atoms with Crippen LogP contribution in [0.1, 0.15) is 5.56 Å². The smallest absolute Gasteiger partial charge is 0.252 e. The normalized spacial score (nSPS) is 13.0. The van der Waals surface area contributed by atoms with E-state index in [1.165, 1.54) is 11.3 Å². The molecule has 3 aromatic rings. The summed E-state index contributed by atoms with van der Waals surface area (Å²) in [6.07, 6.45) is 3.37. The number of halogens is 1. The van der Waals surface area contributed by atoms with Crippen LogP contribution in [0.3, 0.4) is 0 Å². The van der Waals surface area contributed by atoms with Crippen LogP contribution < -0.4 is 14.4 Å². The largest absolute Gasteiger partial charge is 0.454 e. The van der Waals surface area contributed by atoms with Crippen LogP contribution in [-0.4, -0.2) is 49.8 Å². The van der Waals surface area contributed by atoms with Crippen molar-refractivity contribution in [1.29, 1.82) is 0 Å². The van der Waals surface area contributed by atoms with Crippen molar-refractivity contribution < 1.29 is 14.3 Å². The van der Waals surface area contributed by atoms with E-state index < -0.39 is 0 Å². The van der Waals surface area contributed by atoms with Crippen LogP contribution in [0.2, 0.25) is 0 Å². The topological polar surface area (TPSA) is 54.9 Å². The maximum absolute atomic E-state index is 13.0. The van der Waals surface area contributed by atoms with E-state index in [0.29, 0.717) is 17.4 Å². The Kier molecular flexibility index (Phi) is 5.84. The molecule has 0 saturated carbocycles. The van der Waals surface area contributed by atoms with Gasteiger partial charge in [-0.2, -0.15) is 0 Å². The fraction of sp³-hybridized carbons (Fsp3) is 0.238. The molecule has 0 fully saturated rings. The number of hydrogen-bond donors (Lipinski definition) is 0. The zero-order valence-electron chi connectivity index (χ0n) is 16.1. The number of amides is 1. The van der Waals surface area contributed by atoms with Crippen LogP contribution in [0.4, 0.5) is 5.13 Å². The number of rotatable bonds is 6. The average Bonchev–Trinajstić information content (AvgIpc) is 3.32. The molecule has 29 heavy (non-hydrogen) atoms. The minimum absolute atomic E-state index is 0.109. The molecule has 1 amide bonds. The highest BCUT2D eigenvalue weighted by Gasteiger charge is 2.18. The van der Waals surface area contributed by atoms with E-state index in [4.69, 9.17) is 9.47 Å². The highest BCUT2D eigenvalue weighted by molar-refractivity contribution is 9.10. The average molecular weight is 474 g/mol. The van der Waals surface area contributed by atoms with Gasteiger partial charge in [-0.15, -0.1) is 0 Å². The Balaban J connectivity index is 1.58. The number of thiazole rings is 1. The molecule has 0 saturated heterocycles. The van der Waals surface area contributed by atoms with Gasteiger partial charge in [-0.3, -0.25) is 9.69 Å². The molecule has 0 aliphatic carbocycles. The fourth-order valence-corrected chi connectivity index (χ4v) is 4.43. The van der Waals surface area contributed by atoms with E-state index in [1.54, 1.807) is 17.1 Å². The van der Waals surface area contributed by atoms with E-state index in [-0.39, 0.29) is 12.7 Å². The molecule has 2 heterocycles. The molecule has 0 bridgehead atoms. The van der Waals surface area contributed by atoms with Gasteiger partial charge in [0.15, 0.2) is 16.6 Å². The van der Waals surface area contributed by atoms with E-state index in [1.807, 2.05) is 55.4 Å². The zero-order valence-corrected chi connectivity index (χ0v) is 18.5. The summed E-state index contributed by atoms with van der Waals surface area (Å²) < 4.78 is 12.8. The number of carbonyl (C=O) groups is 1. The van der Waals surface area contributed by atoms with Gasteiger partial charge in [0.2, 0.25) is 6.79 Å². The predicted molar refractivity (Wildman–Crippen MR) is 120 cm³/mol. The first kappa shape index (κ1) is 19.9. The lowest BCUT2D eigenvalue weighted by Gasteiger charge is -2.20. The van der Waals surface area contributed by atoms with Gasteiger partial charge in [0, 0.05) is 23.6 Å². The lowest BCUT2D eigenvalue weighted by molar-refractivity contribution is -0.114. The molecule has 1 aliphatic rings. The van der Waals surface area contributed by atoms with Crippen LogP contribution >= 0.6 is 27.3 Å². The summed E-state index contributed by atoms with van der Waals surface area (Å²) in [6.45, 7) is 1.52. The number of fused-ring (bicyclic) bond motifs is 2. The van der Waals surface area contributed by atoms with Crippen molar-refractivity contribution in [3.05, 3.63) is 52.5 Å². The van der Waals surface area contributed by atoms with E-state index >= 15 is 0 Å². The van der Waals surface area contributed by atoms with Crippen molar-refractivity contribution in [3.63, 3.8) is 0 Å². The molecule has 150 valence electrons. The number of aromatic nitrogens is 1. The predicted octanol–water partition coefficient (Wildman–Crippen LogP) is 4.40. The van der Waals surface area contributed by atoms with Crippen molar-refractivity contribution in [2.45, 2.75) is 0 Å². The molecule has 0 N–H and O–H groups in total. The maximum atomic E-state index is 13.0. The van der Waals surface area contributed by atoms with Gasteiger partial charge in [-0.05, 0) is 56.1 Å². The Bertz CT molecular complexity index is 1080. The third-order valence-corrected chi connectivity index (χ3v) is 5.96. The Labute approximate surface area is 181 Å². The van der Waals surface area contributed by atoms with Crippen molar-refractivity contribution in [1.82, 2.24) is 9.88 Å². The molecule has 2 aromatic carbocycles. The molecular formula is C21H20BrN3O3S. The number of nitrogens with zero attached hydrogens (tertiary/aromatic N) is 3. The highest BCUT2D eigenvalue weighted by Crippen LogP contribution is 2.33. The fourth-order valence-electron chi connectivity index (χ4n) is 2.88. The first-order chi connectivity index (χ1) is 14.0. The Hall–Kier alpha value is -2.42. The molecular weight excluding hydrogens is 454 g/mol. The summed E-state index contributed by atoms with van der Waals surface area (Å²) in [7, 11) is 3.97. The van der Waals surface area contributed by atoms with Gasteiger partial charge in [0.1, 0.15) is 0 Å². The monoisotopic (exact) mass is 473 g/mol. The number of hydrogen-bond acceptors (Lipinski definition) is 6. The number of anilines is 1. The second-order valence-corrected chi connectivity index (χ2v) is 8.77. The van der Waals surface area contributed by atoms with Crippen molar-refractivity contribution in [2.75, 3.05) is 38.9 Å². The summed E-state index contributed by atoms with van der Waals surface area (Å²) in [4.78, 5) is 21.5. The van der Waals surface area contributed by atoms with E-state index in [0.717, 1.165) is 32.5 Å². The van der Waals surface area contributed by atoms with E-state index in [9.17, 15) is 4.79 Å². The number of ether oxygens (including phenoxy) is 2. The Morgan fingerprint density at radius 3 is 2.83 bits per heavy atom. The van der Waals surface area contributed by atoms with Crippen LogP contribution in [0.15, 0.2) is 46.9 Å². The molecule has 1 aromatic heterocycles. The number of benzene rings is 2. The van der Waals surface area contributed by atoms with Crippen molar-refractivity contribution >= 4 is 54.6 Å². The van der Waals surface area contributed by atoms with Gasteiger partial charge in [-0.1, -0.05) is 33.3 Å².